The highest BCUT2D eigenvalue weighted by Crippen LogP contribution is 2.39. The van der Waals surface area contributed by atoms with E-state index in [0.29, 0.717) is 4.68 Å². The maximum atomic E-state index is 15.6. The standard InChI is InChI=1S/C29H21F7N4O4S/c1-45(43,44)23-9-5-3-7-18(23)16-10-11-22(20(30)14-16)39-13-12-19-24(26(39)41)40(38-25(19)28(31,32)33)21-8-4-2-6-17(21)15-37-27(42)29(34,35)36/h2-11,14H,12-13,15H2,1H3,(H,37,42). The van der Waals surface area contributed by atoms with Crippen LogP contribution in [0.4, 0.5) is 36.4 Å². The molecule has 236 valence electrons. The number of sulfone groups is 1. The Kier molecular flexibility index (Phi) is 7.97. The number of fused-ring (bicyclic) bond motifs is 1. The maximum Gasteiger partial charge on any atom is 0.471 e. The summed E-state index contributed by atoms with van der Waals surface area (Å²) in [6.07, 6.45) is -9.65. The van der Waals surface area contributed by atoms with Gasteiger partial charge in [-0.15, -0.1) is 0 Å². The number of aromatic nitrogens is 2. The van der Waals surface area contributed by atoms with Gasteiger partial charge < -0.3 is 10.2 Å². The quantitative estimate of drug-likeness (QED) is 0.278. The van der Waals surface area contributed by atoms with Crippen molar-refractivity contribution in [1.82, 2.24) is 15.1 Å². The van der Waals surface area contributed by atoms with Gasteiger partial charge in [-0.05, 0) is 41.8 Å². The molecule has 0 aliphatic carbocycles. The molecule has 5 rings (SSSR count). The van der Waals surface area contributed by atoms with Gasteiger partial charge in [0, 0.05) is 30.5 Å². The number of nitrogens with zero attached hydrogens (tertiary/aromatic N) is 3. The third-order valence-corrected chi connectivity index (χ3v) is 8.19. The molecule has 45 heavy (non-hydrogen) atoms. The minimum absolute atomic E-state index is 0.0653. The lowest BCUT2D eigenvalue weighted by Crippen LogP contribution is -2.39. The first-order valence-electron chi connectivity index (χ1n) is 13.0. The minimum atomic E-state index is -5.22. The van der Waals surface area contributed by atoms with Crippen LogP contribution in [0.1, 0.15) is 27.3 Å². The van der Waals surface area contributed by atoms with Crippen molar-refractivity contribution in [3.63, 3.8) is 0 Å². The molecule has 0 saturated heterocycles. The van der Waals surface area contributed by atoms with Crippen molar-refractivity contribution in [2.45, 2.75) is 30.2 Å². The van der Waals surface area contributed by atoms with Crippen LogP contribution < -0.4 is 10.2 Å². The van der Waals surface area contributed by atoms with Crippen LogP contribution in [0.5, 0.6) is 0 Å². The van der Waals surface area contributed by atoms with Gasteiger partial charge in [0.15, 0.2) is 15.5 Å². The Bertz CT molecular complexity index is 1940. The van der Waals surface area contributed by atoms with E-state index in [-0.39, 0.29) is 39.5 Å². The smallest absolute Gasteiger partial charge is 0.344 e. The molecule has 4 aromatic rings. The van der Waals surface area contributed by atoms with Crippen molar-refractivity contribution in [2.24, 2.45) is 0 Å². The summed E-state index contributed by atoms with van der Waals surface area (Å²) < 4.78 is 121. The zero-order chi connectivity index (χ0) is 32.9. The van der Waals surface area contributed by atoms with E-state index in [2.05, 4.69) is 5.10 Å². The first kappa shape index (κ1) is 31.7. The molecule has 0 fully saturated rings. The largest absolute Gasteiger partial charge is 0.471 e. The van der Waals surface area contributed by atoms with Gasteiger partial charge in [-0.3, -0.25) is 9.59 Å². The van der Waals surface area contributed by atoms with Gasteiger partial charge in [-0.25, -0.2) is 17.5 Å². The van der Waals surface area contributed by atoms with Gasteiger partial charge in [0.1, 0.15) is 11.5 Å². The zero-order valence-corrected chi connectivity index (χ0v) is 23.8. The SMILES string of the molecule is CS(=O)(=O)c1ccccc1-c1ccc(N2CCc3c(C(F)(F)F)nn(-c4ccccc4CNC(=O)C(F)(F)F)c3C2=O)c(F)c1. The topological polar surface area (TPSA) is 101 Å². The number of anilines is 1. The number of halogens is 7. The molecule has 2 heterocycles. The lowest BCUT2D eigenvalue weighted by Gasteiger charge is -2.28. The highest BCUT2D eigenvalue weighted by molar-refractivity contribution is 7.90. The molecule has 8 nitrogen and oxygen atoms in total. The van der Waals surface area contributed by atoms with Crippen molar-refractivity contribution in [3.8, 4) is 16.8 Å². The fraction of sp³-hybridized carbons (Fsp3) is 0.207. The Labute approximate surface area is 251 Å². The molecule has 1 N–H and O–H groups in total. The van der Waals surface area contributed by atoms with Crippen molar-refractivity contribution in [3.05, 3.63) is 95.1 Å². The summed E-state index contributed by atoms with van der Waals surface area (Å²) in [4.78, 5) is 26.0. The lowest BCUT2D eigenvalue weighted by atomic mass is 10.0. The second-order valence-corrected chi connectivity index (χ2v) is 12.0. The fourth-order valence-corrected chi connectivity index (χ4v) is 5.97. The first-order chi connectivity index (χ1) is 21.0. The predicted molar refractivity (Wildman–Crippen MR) is 147 cm³/mol. The third kappa shape index (κ3) is 6.14. The zero-order valence-electron chi connectivity index (χ0n) is 23.0. The summed E-state index contributed by atoms with van der Waals surface area (Å²) in [6.45, 7) is -1.13. The number of hydrogen-bond donors (Lipinski definition) is 1. The maximum absolute atomic E-state index is 15.6. The van der Waals surface area contributed by atoms with E-state index in [1.54, 1.807) is 11.4 Å². The number of alkyl halides is 6. The molecule has 1 aliphatic heterocycles. The summed E-state index contributed by atoms with van der Waals surface area (Å²) in [7, 11) is -3.70. The van der Waals surface area contributed by atoms with E-state index in [0.717, 1.165) is 17.2 Å². The Balaban J connectivity index is 1.57. The van der Waals surface area contributed by atoms with Crippen molar-refractivity contribution in [2.75, 3.05) is 17.7 Å². The molecule has 0 radical (unpaired) electrons. The summed E-state index contributed by atoms with van der Waals surface area (Å²) in [5.74, 6) is -4.32. The molecule has 3 aromatic carbocycles. The van der Waals surface area contributed by atoms with Gasteiger partial charge in [0.2, 0.25) is 0 Å². The Hall–Kier alpha value is -4.73. The van der Waals surface area contributed by atoms with Crippen LogP contribution >= 0.6 is 0 Å². The average molecular weight is 655 g/mol. The van der Waals surface area contributed by atoms with Crippen LogP contribution in [-0.2, 0) is 33.8 Å². The number of rotatable bonds is 6. The molecular formula is C29H21F7N4O4S. The number of amides is 2. The van der Waals surface area contributed by atoms with Crippen LogP contribution in [0, 0.1) is 5.82 Å². The molecule has 1 aliphatic rings. The van der Waals surface area contributed by atoms with E-state index >= 15 is 4.39 Å². The van der Waals surface area contributed by atoms with Gasteiger partial charge >= 0.3 is 18.3 Å². The molecule has 0 spiro atoms. The summed E-state index contributed by atoms with van der Waals surface area (Å²) in [6, 6.07) is 14.6. The molecule has 0 bridgehead atoms. The number of hydrogen-bond acceptors (Lipinski definition) is 5. The second-order valence-electron chi connectivity index (χ2n) is 10.0. The van der Waals surface area contributed by atoms with E-state index in [1.807, 2.05) is 0 Å². The molecule has 0 unspecified atom stereocenters. The number of carbonyl (C=O) groups excluding carboxylic acids is 2. The molecule has 0 saturated carbocycles. The van der Waals surface area contributed by atoms with Crippen molar-refractivity contribution >= 4 is 27.3 Å². The number of nitrogens with one attached hydrogen (secondary N) is 1. The van der Waals surface area contributed by atoms with Crippen LogP contribution in [0.15, 0.2) is 71.6 Å². The Morgan fingerprint density at radius 2 is 1.62 bits per heavy atom. The summed E-state index contributed by atoms with van der Waals surface area (Å²) in [5, 5.41) is 5.26. The van der Waals surface area contributed by atoms with E-state index in [4.69, 9.17) is 0 Å². The highest BCUT2D eigenvalue weighted by atomic mass is 32.2. The van der Waals surface area contributed by atoms with Gasteiger partial charge in [-0.2, -0.15) is 31.4 Å². The number of benzene rings is 3. The highest BCUT2D eigenvalue weighted by Gasteiger charge is 2.44. The lowest BCUT2D eigenvalue weighted by molar-refractivity contribution is -0.173. The summed E-state index contributed by atoms with van der Waals surface area (Å²) >= 11 is 0. The summed E-state index contributed by atoms with van der Waals surface area (Å²) in [5.41, 5.74) is -2.71. The molecule has 0 atom stereocenters. The molecule has 16 heteroatoms. The average Bonchev–Trinajstić information content (AvgIpc) is 3.37. The van der Waals surface area contributed by atoms with E-state index in [9.17, 15) is 44.3 Å². The Morgan fingerprint density at radius 3 is 2.27 bits per heavy atom. The van der Waals surface area contributed by atoms with Crippen molar-refractivity contribution < 1.29 is 48.7 Å². The van der Waals surface area contributed by atoms with Crippen LogP contribution in [0.25, 0.3) is 16.8 Å². The van der Waals surface area contributed by atoms with Crippen LogP contribution in [-0.4, -0.2) is 49.0 Å². The van der Waals surface area contributed by atoms with Gasteiger partial charge in [-0.1, -0.05) is 42.5 Å². The monoisotopic (exact) mass is 654 g/mol. The van der Waals surface area contributed by atoms with E-state index < -0.39 is 69.7 Å². The fourth-order valence-electron chi connectivity index (χ4n) is 5.06. The molecule has 2 amide bonds. The van der Waals surface area contributed by atoms with Crippen molar-refractivity contribution in [1.29, 1.82) is 0 Å². The van der Waals surface area contributed by atoms with Crippen LogP contribution in [0.2, 0.25) is 0 Å². The van der Waals surface area contributed by atoms with Gasteiger partial charge in [0.05, 0.1) is 16.3 Å². The van der Waals surface area contributed by atoms with E-state index in [1.165, 1.54) is 54.6 Å². The van der Waals surface area contributed by atoms with Gasteiger partial charge in [0.25, 0.3) is 5.91 Å². The third-order valence-electron chi connectivity index (χ3n) is 7.04. The number of para-hydroxylation sites is 1. The van der Waals surface area contributed by atoms with Crippen LogP contribution in [0.3, 0.4) is 0 Å². The first-order valence-corrected chi connectivity index (χ1v) is 14.9. The second kappa shape index (κ2) is 11.3. The Morgan fingerprint density at radius 1 is 0.956 bits per heavy atom. The number of carbonyl (C=O) groups is 2. The minimum Gasteiger partial charge on any atom is -0.344 e. The molecule has 1 aromatic heterocycles. The normalized spacial score (nSPS) is 14.0. The predicted octanol–water partition coefficient (Wildman–Crippen LogP) is 5.48. The molecular weight excluding hydrogens is 633 g/mol.